The Hall–Kier alpha value is -2.89. The van der Waals surface area contributed by atoms with E-state index in [0.29, 0.717) is 21.4 Å². The molecule has 6 nitrogen and oxygen atoms in total. The maximum Gasteiger partial charge on any atom is 0.261 e. The van der Waals surface area contributed by atoms with Crippen LogP contribution in [0.3, 0.4) is 0 Å². The maximum atomic E-state index is 12.3. The Morgan fingerprint density at radius 1 is 1.14 bits per heavy atom. The number of rotatable bonds is 3. The predicted molar refractivity (Wildman–Crippen MR) is 73.9 cm³/mol. The van der Waals surface area contributed by atoms with Gasteiger partial charge in [0.1, 0.15) is 0 Å². The fourth-order valence-corrected chi connectivity index (χ4v) is 2.64. The first-order valence-electron chi connectivity index (χ1n) is 6.34. The largest absolute Gasteiger partial charge is 0.548 e. The van der Waals surface area contributed by atoms with Gasteiger partial charge in [0.15, 0.2) is 0 Å². The number of carbonyl (C=O) groups excluding carboxylic acids is 3. The van der Waals surface area contributed by atoms with Crippen molar-refractivity contribution in [1.29, 1.82) is 0 Å². The van der Waals surface area contributed by atoms with Crippen molar-refractivity contribution in [3.05, 3.63) is 41.5 Å². The molecule has 2 aromatic carbocycles. The molecule has 0 unspecified atom stereocenters. The van der Waals surface area contributed by atoms with Gasteiger partial charge in [0.05, 0.1) is 12.5 Å². The number of nitrogens with one attached hydrogen (secondary N) is 1. The van der Waals surface area contributed by atoms with Crippen LogP contribution in [0.4, 0.5) is 5.69 Å². The third-order valence-electron chi connectivity index (χ3n) is 3.55. The van der Waals surface area contributed by atoms with Crippen LogP contribution in [-0.2, 0) is 4.79 Å². The van der Waals surface area contributed by atoms with E-state index in [1.807, 2.05) is 6.07 Å². The highest BCUT2D eigenvalue weighted by molar-refractivity contribution is 6.27. The number of nitrogens with zero attached hydrogens (tertiary/aromatic N) is 1. The standard InChI is InChI=1S/C15H12N2O4/c1-16-11-6-5-10-13-8(11)3-2-4-9(13)14(20)17(15(10)21)7-12(18)19/h2-6,16H,7H2,1H3,(H,18,19)/p-1. The van der Waals surface area contributed by atoms with Gasteiger partial charge in [0.25, 0.3) is 11.8 Å². The normalized spacial score (nSPS) is 13.7. The summed E-state index contributed by atoms with van der Waals surface area (Å²) >= 11 is 0. The number of anilines is 1. The number of amides is 2. The second-order valence-corrected chi connectivity index (χ2v) is 4.71. The lowest BCUT2D eigenvalue weighted by Crippen LogP contribution is -2.46. The quantitative estimate of drug-likeness (QED) is 0.814. The molecule has 0 radical (unpaired) electrons. The summed E-state index contributed by atoms with van der Waals surface area (Å²) in [6, 6.07) is 8.42. The van der Waals surface area contributed by atoms with E-state index in [1.165, 1.54) is 0 Å². The number of hydrogen-bond donors (Lipinski definition) is 1. The average molecular weight is 283 g/mol. The molecule has 1 aliphatic heterocycles. The van der Waals surface area contributed by atoms with E-state index in [9.17, 15) is 19.5 Å². The van der Waals surface area contributed by atoms with Crippen LogP contribution in [0.2, 0.25) is 0 Å². The molecule has 2 aromatic rings. The zero-order valence-electron chi connectivity index (χ0n) is 11.2. The van der Waals surface area contributed by atoms with Gasteiger partial charge >= 0.3 is 0 Å². The number of hydrogen-bond acceptors (Lipinski definition) is 5. The molecule has 0 atom stereocenters. The lowest BCUT2D eigenvalue weighted by molar-refractivity contribution is -0.305. The number of benzene rings is 2. The Balaban J connectivity index is 2.30. The smallest absolute Gasteiger partial charge is 0.261 e. The SMILES string of the molecule is CNc1ccc2c3c(cccc13)C(=O)N(CC(=O)[O-])C2=O. The first-order valence-corrected chi connectivity index (χ1v) is 6.34. The van der Waals surface area contributed by atoms with Gasteiger partial charge in [-0.05, 0) is 18.2 Å². The van der Waals surface area contributed by atoms with E-state index in [1.54, 1.807) is 31.3 Å². The second kappa shape index (κ2) is 4.59. The molecule has 2 amide bonds. The van der Waals surface area contributed by atoms with Gasteiger partial charge in [-0.1, -0.05) is 12.1 Å². The van der Waals surface area contributed by atoms with Crippen LogP contribution in [0.1, 0.15) is 20.7 Å². The van der Waals surface area contributed by atoms with Crippen molar-refractivity contribution in [2.24, 2.45) is 0 Å². The van der Waals surface area contributed by atoms with Gasteiger partial charge in [0.2, 0.25) is 0 Å². The highest BCUT2D eigenvalue weighted by atomic mass is 16.4. The van der Waals surface area contributed by atoms with Gasteiger partial charge in [-0.25, -0.2) is 0 Å². The van der Waals surface area contributed by atoms with Crippen LogP contribution in [-0.4, -0.2) is 36.3 Å². The zero-order chi connectivity index (χ0) is 15.1. The van der Waals surface area contributed by atoms with E-state index < -0.39 is 24.3 Å². The van der Waals surface area contributed by atoms with Crippen molar-refractivity contribution < 1.29 is 19.5 Å². The minimum atomic E-state index is -1.47. The van der Waals surface area contributed by atoms with Crippen molar-refractivity contribution in [3.8, 4) is 0 Å². The number of carbonyl (C=O) groups is 3. The molecule has 0 spiro atoms. The van der Waals surface area contributed by atoms with E-state index in [2.05, 4.69) is 5.32 Å². The van der Waals surface area contributed by atoms with Crippen LogP contribution in [0, 0.1) is 0 Å². The summed E-state index contributed by atoms with van der Waals surface area (Å²) in [5, 5.41) is 15.1. The van der Waals surface area contributed by atoms with Gasteiger partial charge in [0, 0.05) is 34.6 Å². The summed E-state index contributed by atoms with van der Waals surface area (Å²) < 4.78 is 0. The number of aliphatic carboxylic acids is 1. The minimum Gasteiger partial charge on any atom is -0.548 e. The highest BCUT2D eigenvalue weighted by Gasteiger charge is 2.33. The van der Waals surface area contributed by atoms with Crippen LogP contribution >= 0.6 is 0 Å². The van der Waals surface area contributed by atoms with Gasteiger partial charge in [-0.15, -0.1) is 0 Å². The molecule has 1 aliphatic rings. The average Bonchev–Trinajstić information content (AvgIpc) is 2.48. The molecule has 0 saturated heterocycles. The van der Waals surface area contributed by atoms with E-state index in [0.717, 1.165) is 11.1 Å². The third kappa shape index (κ3) is 1.84. The van der Waals surface area contributed by atoms with Crippen LogP contribution in [0.15, 0.2) is 30.3 Å². The zero-order valence-corrected chi connectivity index (χ0v) is 11.2. The van der Waals surface area contributed by atoms with Crippen molar-refractivity contribution in [1.82, 2.24) is 4.90 Å². The van der Waals surface area contributed by atoms with E-state index in [-0.39, 0.29) is 0 Å². The molecule has 0 fully saturated rings. The van der Waals surface area contributed by atoms with Gasteiger partial charge in [-0.3, -0.25) is 14.5 Å². The summed E-state index contributed by atoms with van der Waals surface area (Å²) in [5.74, 6) is -2.70. The monoisotopic (exact) mass is 283 g/mol. The molecule has 6 heteroatoms. The molecule has 3 rings (SSSR count). The lowest BCUT2D eigenvalue weighted by Gasteiger charge is -2.27. The van der Waals surface area contributed by atoms with Crippen LogP contribution in [0.5, 0.6) is 0 Å². The van der Waals surface area contributed by atoms with E-state index >= 15 is 0 Å². The third-order valence-corrected chi connectivity index (χ3v) is 3.55. The molecular weight excluding hydrogens is 272 g/mol. The van der Waals surface area contributed by atoms with Gasteiger partial charge < -0.3 is 15.2 Å². The fourth-order valence-electron chi connectivity index (χ4n) is 2.64. The summed E-state index contributed by atoms with van der Waals surface area (Å²) in [6.45, 7) is -0.749. The number of imide groups is 1. The van der Waals surface area contributed by atoms with Crippen molar-refractivity contribution in [2.75, 3.05) is 18.9 Å². The Morgan fingerprint density at radius 2 is 1.81 bits per heavy atom. The maximum absolute atomic E-state index is 12.3. The molecule has 0 aliphatic carbocycles. The Labute approximate surface area is 120 Å². The Bertz CT molecular complexity index is 775. The van der Waals surface area contributed by atoms with Crippen molar-refractivity contribution in [3.63, 3.8) is 0 Å². The minimum absolute atomic E-state index is 0.320. The highest BCUT2D eigenvalue weighted by Crippen LogP contribution is 2.33. The van der Waals surface area contributed by atoms with Crippen molar-refractivity contribution in [2.45, 2.75) is 0 Å². The molecular formula is C15H11N2O4-. The Kier molecular flexibility index (Phi) is 2.86. The second-order valence-electron chi connectivity index (χ2n) is 4.71. The topological polar surface area (TPSA) is 89.5 Å². The molecule has 21 heavy (non-hydrogen) atoms. The van der Waals surface area contributed by atoms with Crippen LogP contribution in [0.25, 0.3) is 10.8 Å². The molecule has 0 saturated carbocycles. The number of carboxylic acid groups (broad SMARTS) is 1. The van der Waals surface area contributed by atoms with Crippen LogP contribution < -0.4 is 10.4 Å². The first-order chi connectivity index (χ1) is 10.0. The number of carboxylic acids is 1. The Morgan fingerprint density at radius 3 is 2.43 bits per heavy atom. The molecule has 0 aromatic heterocycles. The van der Waals surface area contributed by atoms with Gasteiger partial charge in [-0.2, -0.15) is 0 Å². The van der Waals surface area contributed by atoms with Crippen molar-refractivity contribution >= 4 is 34.2 Å². The fraction of sp³-hybridized carbons (Fsp3) is 0.133. The predicted octanol–water partition coefficient (Wildman–Crippen LogP) is 0.227. The summed E-state index contributed by atoms with van der Waals surface area (Å²) in [6.07, 6.45) is 0. The molecule has 1 heterocycles. The summed E-state index contributed by atoms with van der Waals surface area (Å²) in [7, 11) is 1.75. The molecule has 106 valence electrons. The van der Waals surface area contributed by atoms with E-state index in [4.69, 9.17) is 0 Å². The molecule has 1 N–H and O–H groups in total. The summed E-state index contributed by atoms with van der Waals surface area (Å²) in [4.78, 5) is 36.1. The lowest BCUT2D eigenvalue weighted by atomic mass is 9.93. The molecule has 0 bridgehead atoms. The first kappa shape index (κ1) is 13.1. The summed E-state index contributed by atoms with van der Waals surface area (Å²) in [5.41, 5.74) is 1.44.